The fraction of sp³-hybridized carbons (Fsp3) is 0.167. The number of nitrogens with zero attached hydrogens (tertiary/aromatic N) is 4. The molecule has 4 aromatic rings. The number of halogens is 1. The van der Waals surface area contributed by atoms with Crippen molar-refractivity contribution in [1.82, 2.24) is 24.9 Å². The molecule has 0 saturated carbocycles. The van der Waals surface area contributed by atoms with Gasteiger partial charge in [-0.15, -0.1) is 10.2 Å². The molecule has 0 aliphatic carbocycles. The Kier molecular flexibility index (Phi) is 4.11. The Morgan fingerprint density at radius 1 is 1.04 bits per heavy atom. The average Bonchev–Trinajstić information content (AvgIpc) is 3.04. The molecule has 24 heavy (non-hydrogen) atoms. The van der Waals surface area contributed by atoms with Crippen LogP contribution in [0, 0.1) is 0 Å². The number of rotatable bonds is 5. The van der Waals surface area contributed by atoms with Gasteiger partial charge in [-0.25, -0.2) is 0 Å². The largest absolute Gasteiger partial charge is 0.312 e. The Balaban J connectivity index is 1.44. The molecule has 3 aromatic heterocycles. The number of aromatic nitrogens is 4. The van der Waals surface area contributed by atoms with Gasteiger partial charge >= 0.3 is 0 Å². The van der Waals surface area contributed by atoms with E-state index in [1.165, 1.54) is 0 Å². The molecule has 120 valence electrons. The molecule has 1 N–H and O–H groups in total. The first-order valence-electron chi connectivity index (χ1n) is 7.84. The third kappa shape index (κ3) is 2.84. The average molecular weight is 338 g/mol. The predicted octanol–water partition coefficient (Wildman–Crippen LogP) is 3.26. The van der Waals surface area contributed by atoms with E-state index < -0.39 is 0 Å². The summed E-state index contributed by atoms with van der Waals surface area (Å²) in [5, 5.41) is 13.6. The van der Waals surface area contributed by atoms with Gasteiger partial charge in [-0.05, 0) is 35.9 Å². The fourth-order valence-electron chi connectivity index (χ4n) is 2.82. The van der Waals surface area contributed by atoms with Crippen LogP contribution in [0.1, 0.15) is 11.4 Å². The predicted molar refractivity (Wildman–Crippen MR) is 95.2 cm³/mol. The number of hydrogen-bond acceptors (Lipinski definition) is 4. The van der Waals surface area contributed by atoms with E-state index in [0.717, 1.165) is 52.5 Å². The quantitative estimate of drug-likeness (QED) is 0.568. The molecule has 5 nitrogen and oxygen atoms in total. The van der Waals surface area contributed by atoms with Gasteiger partial charge in [0, 0.05) is 42.3 Å². The van der Waals surface area contributed by atoms with Crippen molar-refractivity contribution in [1.29, 1.82) is 0 Å². The molecule has 0 atom stereocenters. The first-order valence-corrected chi connectivity index (χ1v) is 8.22. The lowest BCUT2D eigenvalue weighted by molar-refractivity contribution is 0.668. The van der Waals surface area contributed by atoms with Crippen LogP contribution >= 0.6 is 11.6 Å². The van der Waals surface area contributed by atoms with Crippen molar-refractivity contribution < 1.29 is 0 Å². The van der Waals surface area contributed by atoms with Gasteiger partial charge < -0.3 is 5.32 Å². The second-order valence-electron chi connectivity index (χ2n) is 5.58. The second-order valence-corrected chi connectivity index (χ2v) is 5.99. The third-order valence-electron chi connectivity index (χ3n) is 4.03. The van der Waals surface area contributed by atoms with Gasteiger partial charge in [-0.1, -0.05) is 23.7 Å². The zero-order valence-electron chi connectivity index (χ0n) is 13.0. The van der Waals surface area contributed by atoms with Crippen molar-refractivity contribution in [2.24, 2.45) is 0 Å². The molecule has 0 aliphatic heterocycles. The van der Waals surface area contributed by atoms with E-state index in [9.17, 15) is 0 Å². The van der Waals surface area contributed by atoms with E-state index in [2.05, 4.69) is 20.5 Å². The molecule has 0 saturated heterocycles. The lowest BCUT2D eigenvalue weighted by Gasteiger charge is -2.08. The summed E-state index contributed by atoms with van der Waals surface area (Å²) in [5.74, 6) is 0.956. The van der Waals surface area contributed by atoms with Crippen LogP contribution in [-0.2, 0) is 13.0 Å². The van der Waals surface area contributed by atoms with Crippen LogP contribution in [0.4, 0.5) is 0 Å². The van der Waals surface area contributed by atoms with Crippen molar-refractivity contribution in [3.63, 3.8) is 0 Å². The van der Waals surface area contributed by atoms with Crippen molar-refractivity contribution in [3.05, 3.63) is 71.3 Å². The Bertz CT molecular complexity index is 995. The Morgan fingerprint density at radius 2 is 2.00 bits per heavy atom. The van der Waals surface area contributed by atoms with E-state index >= 15 is 0 Å². The van der Waals surface area contributed by atoms with Gasteiger partial charge in [0.05, 0.1) is 5.52 Å². The molecule has 6 heteroatoms. The second kappa shape index (κ2) is 6.55. The zero-order chi connectivity index (χ0) is 16.4. The molecule has 0 aliphatic rings. The molecule has 0 bridgehead atoms. The Hall–Kier alpha value is -2.50. The third-order valence-corrected chi connectivity index (χ3v) is 4.35. The maximum Gasteiger partial charge on any atom is 0.160 e. The number of nitrogens with one attached hydrogen (secondary N) is 1. The molecule has 3 heterocycles. The van der Waals surface area contributed by atoms with Gasteiger partial charge in [0.15, 0.2) is 5.65 Å². The van der Waals surface area contributed by atoms with Crippen LogP contribution in [0.25, 0.3) is 16.6 Å². The molecule has 1 aromatic carbocycles. The maximum atomic E-state index is 6.23. The van der Waals surface area contributed by atoms with Crippen LogP contribution in [0.15, 0.2) is 54.9 Å². The van der Waals surface area contributed by atoms with E-state index in [0.29, 0.717) is 0 Å². The number of hydrogen-bond donors (Lipinski definition) is 1. The first kappa shape index (κ1) is 15.1. The van der Waals surface area contributed by atoms with Crippen molar-refractivity contribution in [3.8, 4) is 0 Å². The summed E-state index contributed by atoms with van der Waals surface area (Å²) in [6.45, 7) is 1.55. The minimum Gasteiger partial charge on any atom is -0.312 e. The van der Waals surface area contributed by atoms with E-state index in [4.69, 9.17) is 11.6 Å². The molecular weight excluding hydrogens is 322 g/mol. The van der Waals surface area contributed by atoms with E-state index in [1.54, 1.807) is 6.20 Å². The monoisotopic (exact) mass is 337 g/mol. The van der Waals surface area contributed by atoms with Crippen molar-refractivity contribution in [2.75, 3.05) is 6.54 Å². The molecule has 0 spiro atoms. The SMILES string of the molecule is Clc1ccc(CNCCc2nnc3ccccn23)c2ncccc12. The van der Waals surface area contributed by atoms with Crippen molar-refractivity contribution >= 4 is 28.2 Å². The van der Waals surface area contributed by atoms with Crippen LogP contribution in [-0.4, -0.2) is 26.1 Å². The molecule has 4 rings (SSSR count). The summed E-state index contributed by atoms with van der Waals surface area (Å²) >= 11 is 6.23. The van der Waals surface area contributed by atoms with Gasteiger partial charge in [0.2, 0.25) is 0 Å². The van der Waals surface area contributed by atoms with Gasteiger partial charge in [0.25, 0.3) is 0 Å². The molecular formula is C18H16ClN5. The zero-order valence-corrected chi connectivity index (χ0v) is 13.7. The number of fused-ring (bicyclic) bond motifs is 2. The lowest BCUT2D eigenvalue weighted by Crippen LogP contribution is -2.18. The summed E-state index contributed by atoms with van der Waals surface area (Å²) in [6.07, 6.45) is 4.59. The van der Waals surface area contributed by atoms with Gasteiger partial charge in [-0.3, -0.25) is 9.38 Å². The van der Waals surface area contributed by atoms with Gasteiger partial charge in [0.1, 0.15) is 5.82 Å². The minimum absolute atomic E-state index is 0.733. The van der Waals surface area contributed by atoms with Crippen LogP contribution in [0.5, 0.6) is 0 Å². The topological polar surface area (TPSA) is 55.1 Å². The summed E-state index contributed by atoms with van der Waals surface area (Å²) in [6, 6.07) is 13.8. The number of benzene rings is 1. The van der Waals surface area contributed by atoms with Crippen LogP contribution in [0.3, 0.4) is 0 Å². The van der Waals surface area contributed by atoms with Crippen LogP contribution < -0.4 is 5.32 Å². The normalized spacial score (nSPS) is 11.4. The van der Waals surface area contributed by atoms with Gasteiger partial charge in [-0.2, -0.15) is 0 Å². The minimum atomic E-state index is 0.733. The summed E-state index contributed by atoms with van der Waals surface area (Å²) in [5.41, 5.74) is 2.96. The Morgan fingerprint density at radius 3 is 2.96 bits per heavy atom. The Labute approximate surface area is 144 Å². The molecule has 0 amide bonds. The fourth-order valence-corrected chi connectivity index (χ4v) is 3.04. The molecule has 0 radical (unpaired) electrons. The summed E-state index contributed by atoms with van der Waals surface area (Å²) in [4.78, 5) is 4.46. The first-order chi connectivity index (χ1) is 11.8. The summed E-state index contributed by atoms with van der Waals surface area (Å²) < 4.78 is 2.01. The highest BCUT2D eigenvalue weighted by Gasteiger charge is 2.07. The number of pyridine rings is 2. The van der Waals surface area contributed by atoms with Crippen LogP contribution in [0.2, 0.25) is 5.02 Å². The van der Waals surface area contributed by atoms with E-state index in [-0.39, 0.29) is 0 Å². The lowest BCUT2D eigenvalue weighted by atomic mass is 10.1. The smallest absolute Gasteiger partial charge is 0.160 e. The van der Waals surface area contributed by atoms with E-state index in [1.807, 2.05) is 53.1 Å². The molecule has 0 unspecified atom stereocenters. The highest BCUT2D eigenvalue weighted by Crippen LogP contribution is 2.24. The molecule has 0 fully saturated rings. The highest BCUT2D eigenvalue weighted by atomic mass is 35.5. The summed E-state index contributed by atoms with van der Waals surface area (Å²) in [7, 11) is 0. The van der Waals surface area contributed by atoms with Crippen molar-refractivity contribution in [2.45, 2.75) is 13.0 Å². The standard InChI is InChI=1S/C18H16ClN5/c19-15-7-6-13(18-14(15)4-3-9-21-18)12-20-10-8-17-23-22-16-5-1-2-11-24(16)17/h1-7,9,11,20H,8,10,12H2. The maximum absolute atomic E-state index is 6.23. The highest BCUT2D eigenvalue weighted by molar-refractivity contribution is 6.35.